The average molecular weight is 319 g/mol. The normalized spacial score (nSPS) is 17.7. The van der Waals surface area contributed by atoms with E-state index in [9.17, 15) is 13.2 Å². The quantitative estimate of drug-likeness (QED) is 0.709. The van der Waals surface area contributed by atoms with Crippen molar-refractivity contribution in [1.29, 1.82) is 0 Å². The number of benzene rings is 2. The van der Waals surface area contributed by atoms with Crippen molar-refractivity contribution in [3.05, 3.63) is 64.7 Å². The Hall–Kier alpha value is -1.97. The van der Waals surface area contributed by atoms with E-state index in [1.165, 1.54) is 11.6 Å². The van der Waals surface area contributed by atoms with Gasteiger partial charge in [0.15, 0.2) is 0 Å². The van der Waals surface area contributed by atoms with Crippen LogP contribution >= 0.6 is 0 Å². The summed E-state index contributed by atoms with van der Waals surface area (Å²) in [6, 6.07) is 11.6. The van der Waals surface area contributed by atoms with E-state index in [0.29, 0.717) is 12.0 Å². The molecule has 1 N–H and O–H groups in total. The van der Waals surface area contributed by atoms with Crippen LogP contribution in [0.25, 0.3) is 0 Å². The Morgan fingerprint density at radius 3 is 2.35 bits per heavy atom. The van der Waals surface area contributed by atoms with E-state index in [1.807, 2.05) is 12.1 Å². The largest absolute Gasteiger partial charge is 0.416 e. The number of halogens is 3. The van der Waals surface area contributed by atoms with Crippen LogP contribution in [0.3, 0.4) is 0 Å². The molecular weight excluding hydrogens is 299 g/mol. The third kappa shape index (κ3) is 3.07. The van der Waals surface area contributed by atoms with Gasteiger partial charge >= 0.3 is 6.18 Å². The van der Waals surface area contributed by atoms with Crippen LogP contribution in [0.1, 0.15) is 49.1 Å². The maximum Gasteiger partial charge on any atom is 0.416 e. The lowest BCUT2D eigenvalue weighted by atomic mass is 9.85. The molecule has 0 fully saturated rings. The van der Waals surface area contributed by atoms with Crippen LogP contribution in [0.15, 0.2) is 42.5 Å². The minimum absolute atomic E-state index is 0.0248. The fourth-order valence-corrected chi connectivity index (χ4v) is 3.08. The molecule has 1 heterocycles. The van der Waals surface area contributed by atoms with Gasteiger partial charge in [-0.15, -0.1) is 0 Å². The topological polar surface area (TPSA) is 12.0 Å². The molecule has 2 aromatic rings. The lowest BCUT2D eigenvalue weighted by Crippen LogP contribution is -2.15. The van der Waals surface area contributed by atoms with E-state index < -0.39 is 11.7 Å². The van der Waals surface area contributed by atoms with Crippen LogP contribution in [0, 0.1) is 0 Å². The van der Waals surface area contributed by atoms with Crippen molar-refractivity contribution in [2.24, 2.45) is 0 Å². The summed E-state index contributed by atoms with van der Waals surface area (Å²) in [5, 5.41) is 3.24. The van der Waals surface area contributed by atoms with Crippen molar-refractivity contribution in [1.82, 2.24) is 0 Å². The van der Waals surface area contributed by atoms with Crippen LogP contribution in [0.5, 0.6) is 0 Å². The van der Waals surface area contributed by atoms with Crippen LogP contribution in [0.2, 0.25) is 0 Å². The summed E-state index contributed by atoms with van der Waals surface area (Å²) >= 11 is 0. The molecule has 1 aliphatic rings. The number of fused-ring (bicyclic) bond motifs is 1. The molecule has 4 heteroatoms. The molecule has 0 spiro atoms. The van der Waals surface area contributed by atoms with Crippen LogP contribution in [-0.4, -0.2) is 0 Å². The predicted molar refractivity (Wildman–Crippen MR) is 86.7 cm³/mol. The van der Waals surface area contributed by atoms with Crippen molar-refractivity contribution >= 4 is 5.69 Å². The van der Waals surface area contributed by atoms with Gasteiger partial charge < -0.3 is 5.32 Å². The van der Waals surface area contributed by atoms with Gasteiger partial charge in [-0.1, -0.05) is 51.1 Å². The lowest BCUT2D eigenvalue weighted by molar-refractivity contribution is -0.138. The summed E-state index contributed by atoms with van der Waals surface area (Å²) in [6.07, 6.45) is -3.75. The maximum absolute atomic E-state index is 13.2. The molecule has 1 nitrogen and oxygen atoms in total. The number of hydrogen-bond donors (Lipinski definition) is 1. The lowest BCUT2D eigenvalue weighted by Gasteiger charge is -2.19. The molecule has 1 aliphatic heterocycles. The van der Waals surface area contributed by atoms with Crippen LogP contribution < -0.4 is 5.32 Å². The molecule has 23 heavy (non-hydrogen) atoms. The van der Waals surface area contributed by atoms with Crippen molar-refractivity contribution in [2.75, 3.05) is 5.32 Å². The highest BCUT2D eigenvalue weighted by molar-refractivity contribution is 5.60. The van der Waals surface area contributed by atoms with Gasteiger partial charge in [0.2, 0.25) is 0 Å². The highest BCUT2D eigenvalue weighted by atomic mass is 19.4. The Morgan fingerprint density at radius 1 is 1.00 bits per heavy atom. The number of rotatable bonds is 1. The van der Waals surface area contributed by atoms with E-state index in [4.69, 9.17) is 0 Å². The summed E-state index contributed by atoms with van der Waals surface area (Å²) in [4.78, 5) is 0. The molecule has 0 saturated heterocycles. The Balaban J connectivity index is 1.95. The molecule has 0 aliphatic carbocycles. The van der Waals surface area contributed by atoms with Gasteiger partial charge in [-0.25, -0.2) is 0 Å². The van der Waals surface area contributed by atoms with Gasteiger partial charge in [-0.2, -0.15) is 13.2 Å². The first kappa shape index (κ1) is 15.9. The predicted octanol–water partition coefficient (Wildman–Crippen LogP) is 5.71. The molecule has 122 valence electrons. The fourth-order valence-electron chi connectivity index (χ4n) is 3.08. The smallest absolute Gasteiger partial charge is 0.378 e. The molecule has 1 atom stereocenters. The van der Waals surface area contributed by atoms with Gasteiger partial charge in [-0.3, -0.25) is 0 Å². The van der Waals surface area contributed by atoms with E-state index in [1.54, 1.807) is 12.1 Å². The first-order valence-corrected chi connectivity index (χ1v) is 7.72. The Bertz CT molecular complexity index is 726. The molecule has 1 unspecified atom stereocenters. The van der Waals surface area contributed by atoms with Gasteiger partial charge in [0.25, 0.3) is 0 Å². The number of hydrogen-bond acceptors (Lipinski definition) is 1. The minimum Gasteiger partial charge on any atom is -0.378 e. The second-order valence-corrected chi connectivity index (χ2v) is 7.11. The van der Waals surface area contributed by atoms with E-state index in [2.05, 4.69) is 32.2 Å². The van der Waals surface area contributed by atoms with E-state index in [-0.39, 0.29) is 11.5 Å². The van der Waals surface area contributed by atoms with Gasteiger partial charge in [-0.05, 0) is 40.7 Å². The SMILES string of the molecule is CC(C)(C)c1ccc2c(c1)CC(c1ccccc1C(F)(F)F)N2. The highest BCUT2D eigenvalue weighted by Gasteiger charge is 2.36. The minimum atomic E-state index is -4.33. The summed E-state index contributed by atoms with van der Waals surface area (Å²) in [5.41, 5.74) is 2.99. The zero-order valence-electron chi connectivity index (χ0n) is 13.5. The van der Waals surface area contributed by atoms with Crippen molar-refractivity contribution in [3.63, 3.8) is 0 Å². The standard InChI is InChI=1S/C19H20F3N/c1-18(2,3)13-8-9-16-12(10-13)11-17(23-16)14-6-4-5-7-15(14)19(20,21)22/h4-10,17,23H,11H2,1-3H3. The first-order valence-electron chi connectivity index (χ1n) is 7.72. The fraction of sp³-hybridized carbons (Fsp3) is 0.368. The summed E-state index contributed by atoms with van der Waals surface area (Å²) in [6.45, 7) is 6.40. The zero-order chi connectivity index (χ0) is 16.8. The second-order valence-electron chi connectivity index (χ2n) is 7.11. The maximum atomic E-state index is 13.2. The monoisotopic (exact) mass is 319 g/mol. The molecule has 3 rings (SSSR count). The zero-order valence-corrected chi connectivity index (χ0v) is 13.5. The van der Waals surface area contributed by atoms with Crippen LogP contribution in [-0.2, 0) is 18.0 Å². The van der Waals surface area contributed by atoms with Crippen molar-refractivity contribution < 1.29 is 13.2 Å². The van der Waals surface area contributed by atoms with Gasteiger partial charge in [0.1, 0.15) is 0 Å². The molecule has 2 aromatic carbocycles. The van der Waals surface area contributed by atoms with Crippen LogP contribution in [0.4, 0.5) is 18.9 Å². The Labute approximate surface area is 134 Å². The number of nitrogens with one attached hydrogen (secondary N) is 1. The molecule has 0 aromatic heterocycles. The van der Waals surface area contributed by atoms with Gasteiger partial charge in [0, 0.05) is 5.69 Å². The van der Waals surface area contributed by atoms with Crippen molar-refractivity contribution in [3.8, 4) is 0 Å². The summed E-state index contributed by atoms with van der Waals surface area (Å²) in [7, 11) is 0. The summed E-state index contributed by atoms with van der Waals surface area (Å²) in [5.74, 6) is 0. The van der Waals surface area contributed by atoms with Gasteiger partial charge in [0.05, 0.1) is 11.6 Å². The van der Waals surface area contributed by atoms with Crippen molar-refractivity contribution in [2.45, 2.75) is 44.8 Å². The summed E-state index contributed by atoms with van der Waals surface area (Å²) < 4.78 is 39.7. The number of anilines is 1. The molecule has 0 bridgehead atoms. The molecule has 0 amide bonds. The first-order chi connectivity index (χ1) is 10.7. The molecule has 0 saturated carbocycles. The Kier molecular flexibility index (Phi) is 3.66. The second kappa shape index (κ2) is 5.29. The highest BCUT2D eigenvalue weighted by Crippen LogP contribution is 2.41. The van der Waals surface area contributed by atoms with E-state index in [0.717, 1.165) is 17.3 Å². The molecular formula is C19H20F3N. The van der Waals surface area contributed by atoms with E-state index >= 15 is 0 Å². The number of alkyl halides is 3. The average Bonchev–Trinajstić information content (AvgIpc) is 2.88. The molecule has 0 radical (unpaired) electrons. The third-order valence-electron chi connectivity index (χ3n) is 4.37. The third-order valence-corrected chi connectivity index (χ3v) is 4.37. The Morgan fingerprint density at radius 2 is 1.70 bits per heavy atom.